The van der Waals surface area contributed by atoms with Gasteiger partial charge in [0.1, 0.15) is 0 Å². The van der Waals surface area contributed by atoms with Crippen molar-refractivity contribution in [1.82, 2.24) is 19.7 Å². The minimum Gasteiger partial charge on any atom is -0.302 e. The standard InChI is InChI=1S/C23H20N4OS/c1-2-27-22(20-12-14-24-15-13-20)25-26-23(27)29-16-21(28)19-10-8-18(9-11-19)17-6-4-3-5-7-17/h3-15H,2,16H2,1H3. The van der Waals surface area contributed by atoms with Gasteiger partial charge >= 0.3 is 0 Å². The summed E-state index contributed by atoms with van der Waals surface area (Å²) < 4.78 is 2.02. The van der Waals surface area contributed by atoms with Gasteiger partial charge in [-0.3, -0.25) is 9.78 Å². The number of ketones is 1. The third-order valence-corrected chi connectivity index (χ3v) is 5.58. The Labute approximate surface area is 173 Å². The van der Waals surface area contributed by atoms with Crippen molar-refractivity contribution >= 4 is 17.5 Å². The summed E-state index contributed by atoms with van der Waals surface area (Å²) >= 11 is 1.41. The molecule has 4 aromatic rings. The van der Waals surface area contributed by atoms with Crippen molar-refractivity contribution in [3.8, 4) is 22.5 Å². The SMILES string of the molecule is CCn1c(SCC(=O)c2ccc(-c3ccccc3)cc2)nnc1-c1ccncc1. The van der Waals surface area contributed by atoms with Gasteiger partial charge in [-0.15, -0.1) is 10.2 Å². The van der Waals surface area contributed by atoms with E-state index in [9.17, 15) is 4.79 Å². The van der Waals surface area contributed by atoms with E-state index in [4.69, 9.17) is 0 Å². The molecule has 0 aliphatic heterocycles. The minimum absolute atomic E-state index is 0.0747. The quantitative estimate of drug-likeness (QED) is 0.323. The van der Waals surface area contributed by atoms with Crippen molar-refractivity contribution < 1.29 is 4.79 Å². The molecule has 0 saturated carbocycles. The maximum Gasteiger partial charge on any atom is 0.191 e. The highest BCUT2D eigenvalue weighted by atomic mass is 32.2. The van der Waals surface area contributed by atoms with Gasteiger partial charge in [0.25, 0.3) is 0 Å². The third kappa shape index (κ3) is 4.27. The normalized spacial score (nSPS) is 10.8. The second-order valence-corrected chi connectivity index (χ2v) is 7.38. The molecule has 0 N–H and O–H groups in total. The van der Waals surface area contributed by atoms with Gasteiger partial charge in [0, 0.05) is 30.1 Å². The molecule has 4 rings (SSSR count). The van der Waals surface area contributed by atoms with Crippen molar-refractivity contribution in [2.45, 2.75) is 18.6 Å². The first-order valence-corrected chi connectivity index (χ1v) is 10.4. The number of benzene rings is 2. The number of carbonyl (C=O) groups is 1. The predicted molar refractivity (Wildman–Crippen MR) is 116 cm³/mol. The highest BCUT2D eigenvalue weighted by Crippen LogP contribution is 2.25. The molecule has 0 atom stereocenters. The second kappa shape index (κ2) is 8.84. The Hall–Kier alpha value is -3.25. The van der Waals surface area contributed by atoms with Crippen LogP contribution >= 0.6 is 11.8 Å². The maximum absolute atomic E-state index is 12.7. The fourth-order valence-corrected chi connectivity index (χ4v) is 3.98. The van der Waals surface area contributed by atoms with Crippen LogP contribution < -0.4 is 0 Å². The molecule has 0 radical (unpaired) electrons. The molecule has 2 aromatic carbocycles. The van der Waals surface area contributed by atoms with Gasteiger partial charge in [-0.1, -0.05) is 66.4 Å². The van der Waals surface area contributed by atoms with E-state index in [2.05, 4.69) is 27.3 Å². The summed E-state index contributed by atoms with van der Waals surface area (Å²) in [5, 5.41) is 9.34. The molecule has 5 nitrogen and oxygen atoms in total. The smallest absolute Gasteiger partial charge is 0.191 e. The highest BCUT2D eigenvalue weighted by Gasteiger charge is 2.15. The van der Waals surface area contributed by atoms with E-state index in [1.807, 2.05) is 66.1 Å². The zero-order chi connectivity index (χ0) is 20.1. The van der Waals surface area contributed by atoms with Crippen LogP contribution in [0.25, 0.3) is 22.5 Å². The van der Waals surface area contributed by atoms with Gasteiger partial charge < -0.3 is 4.57 Å². The lowest BCUT2D eigenvalue weighted by Crippen LogP contribution is -2.05. The lowest BCUT2D eigenvalue weighted by Gasteiger charge is -2.07. The maximum atomic E-state index is 12.7. The van der Waals surface area contributed by atoms with Crippen molar-refractivity contribution in [3.05, 3.63) is 84.7 Å². The van der Waals surface area contributed by atoms with Crippen LogP contribution in [0, 0.1) is 0 Å². The Morgan fingerprint density at radius 3 is 2.24 bits per heavy atom. The lowest BCUT2D eigenvalue weighted by atomic mass is 10.0. The molecule has 6 heteroatoms. The topological polar surface area (TPSA) is 60.7 Å². The van der Waals surface area contributed by atoms with Crippen LogP contribution in [0.4, 0.5) is 0 Å². The van der Waals surface area contributed by atoms with Crippen molar-refractivity contribution in [1.29, 1.82) is 0 Å². The number of thioether (sulfide) groups is 1. The Balaban J connectivity index is 1.45. The molecule has 0 saturated heterocycles. The first-order chi connectivity index (χ1) is 14.3. The largest absolute Gasteiger partial charge is 0.302 e. The van der Waals surface area contributed by atoms with E-state index in [-0.39, 0.29) is 5.78 Å². The van der Waals surface area contributed by atoms with Crippen molar-refractivity contribution in [2.75, 3.05) is 5.75 Å². The summed E-state index contributed by atoms with van der Waals surface area (Å²) in [6.45, 7) is 2.77. The van der Waals surface area contributed by atoms with Gasteiger partial charge in [0.2, 0.25) is 0 Å². The van der Waals surface area contributed by atoms with Crippen LogP contribution in [0.15, 0.2) is 84.3 Å². The van der Waals surface area contributed by atoms with Gasteiger partial charge in [0.05, 0.1) is 5.75 Å². The monoisotopic (exact) mass is 400 g/mol. The number of hydrogen-bond donors (Lipinski definition) is 0. The van der Waals surface area contributed by atoms with Crippen LogP contribution in [0.2, 0.25) is 0 Å². The summed E-state index contributed by atoms with van der Waals surface area (Å²) in [4.78, 5) is 16.7. The van der Waals surface area contributed by atoms with Gasteiger partial charge in [0.15, 0.2) is 16.8 Å². The molecular weight excluding hydrogens is 380 g/mol. The molecule has 2 heterocycles. The van der Waals surface area contributed by atoms with E-state index < -0.39 is 0 Å². The van der Waals surface area contributed by atoms with E-state index in [1.165, 1.54) is 11.8 Å². The summed E-state index contributed by atoms with van der Waals surface area (Å²) in [6.07, 6.45) is 3.47. The first-order valence-electron chi connectivity index (χ1n) is 9.41. The van der Waals surface area contributed by atoms with Crippen molar-refractivity contribution in [2.24, 2.45) is 0 Å². The lowest BCUT2D eigenvalue weighted by molar-refractivity contribution is 0.102. The van der Waals surface area contributed by atoms with Crippen LogP contribution in [-0.4, -0.2) is 31.3 Å². The minimum atomic E-state index is 0.0747. The van der Waals surface area contributed by atoms with Crippen LogP contribution in [0.3, 0.4) is 0 Å². The molecule has 2 aromatic heterocycles. The Kier molecular flexibility index (Phi) is 5.81. The Morgan fingerprint density at radius 1 is 0.862 bits per heavy atom. The summed E-state index contributed by atoms with van der Waals surface area (Å²) in [5.41, 5.74) is 3.90. The molecule has 29 heavy (non-hydrogen) atoms. The first kappa shape index (κ1) is 19.1. The zero-order valence-electron chi connectivity index (χ0n) is 16.0. The fraction of sp³-hybridized carbons (Fsp3) is 0.130. The molecular formula is C23H20N4OS. The summed E-state index contributed by atoms with van der Waals surface area (Å²) in [7, 11) is 0. The average Bonchev–Trinajstić information content (AvgIpc) is 3.21. The van der Waals surface area contributed by atoms with Gasteiger partial charge in [-0.05, 0) is 30.2 Å². The molecule has 144 valence electrons. The van der Waals surface area contributed by atoms with E-state index >= 15 is 0 Å². The van der Waals surface area contributed by atoms with Crippen LogP contribution in [-0.2, 0) is 6.54 Å². The molecule has 0 spiro atoms. The predicted octanol–water partition coefficient (Wildman–Crippen LogP) is 5.00. The fourth-order valence-electron chi connectivity index (χ4n) is 3.09. The molecule has 0 bridgehead atoms. The molecule has 0 aliphatic rings. The molecule has 0 fully saturated rings. The highest BCUT2D eigenvalue weighted by molar-refractivity contribution is 7.99. The molecule has 0 unspecified atom stereocenters. The number of hydrogen-bond acceptors (Lipinski definition) is 5. The molecule has 0 amide bonds. The van der Waals surface area contributed by atoms with Crippen LogP contribution in [0.1, 0.15) is 17.3 Å². The number of aromatic nitrogens is 4. The van der Waals surface area contributed by atoms with E-state index in [0.717, 1.165) is 34.2 Å². The number of rotatable bonds is 7. The average molecular weight is 401 g/mol. The van der Waals surface area contributed by atoms with Crippen LogP contribution in [0.5, 0.6) is 0 Å². The van der Waals surface area contributed by atoms with E-state index in [0.29, 0.717) is 11.3 Å². The second-order valence-electron chi connectivity index (χ2n) is 6.44. The number of Topliss-reactive ketones (excluding diaryl/α,β-unsaturated/α-hetero) is 1. The Morgan fingerprint density at radius 2 is 1.55 bits per heavy atom. The van der Waals surface area contributed by atoms with Gasteiger partial charge in [-0.25, -0.2) is 0 Å². The number of pyridine rings is 1. The third-order valence-electron chi connectivity index (χ3n) is 4.62. The van der Waals surface area contributed by atoms with E-state index in [1.54, 1.807) is 12.4 Å². The molecule has 0 aliphatic carbocycles. The van der Waals surface area contributed by atoms with Gasteiger partial charge in [-0.2, -0.15) is 0 Å². The van der Waals surface area contributed by atoms with Crippen molar-refractivity contribution in [3.63, 3.8) is 0 Å². The summed E-state index contributed by atoms with van der Waals surface area (Å²) in [6, 6.07) is 21.7. The Bertz CT molecular complexity index is 1090. The summed E-state index contributed by atoms with van der Waals surface area (Å²) in [5.74, 6) is 1.18. The number of carbonyl (C=O) groups excluding carboxylic acids is 1. The zero-order valence-corrected chi connectivity index (χ0v) is 16.8. The number of nitrogens with zero attached hydrogens (tertiary/aromatic N) is 4.